The Kier molecular flexibility index (Phi) is 4.72. The molecule has 0 radical (unpaired) electrons. The number of hydrogen-bond donors (Lipinski definition) is 1. The summed E-state index contributed by atoms with van der Waals surface area (Å²) in [4.78, 5) is 17.4. The fourth-order valence-corrected chi connectivity index (χ4v) is 5.05. The third-order valence-electron chi connectivity index (χ3n) is 5.40. The van der Waals surface area contributed by atoms with E-state index in [-0.39, 0.29) is 18.4 Å². The number of nitrogens with zero attached hydrogens (tertiary/aromatic N) is 3. The van der Waals surface area contributed by atoms with E-state index in [2.05, 4.69) is 24.2 Å². The van der Waals surface area contributed by atoms with Gasteiger partial charge in [-0.3, -0.25) is 4.79 Å². The minimum Gasteiger partial charge on any atom is -0.481 e. The molecular weight excluding hydrogens is 408 g/mol. The minimum absolute atomic E-state index is 0.0504. The van der Waals surface area contributed by atoms with E-state index in [4.69, 9.17) is 21.2 Å². The molecule has 1 aliphatic rings. The van der Waals surface area contributed by atoms with Crippen LogP contribution in [0.4, 0.5) is 5.82 Å². The van der Waals surface area contributed by atoms with Crippen molar-refractivity contribution >= 4 is 33.3 Å². The summed E-state index contributed by atoms with van der Waals surface area (Å²) in [7, 11) is 0. The van der Waals surface area contributed by atoms with Gasteiger partial charge in [0.15, 0.2) is 0 Å². The predicted molar refractivity (Wildman–Crippen MR) is 122 cm³/mol. The lowest BCUT2D eigenvalue weighted by molar-refractivity contribution is -0.116. The zero-order chi connectivity index (χ0) is 21.5. The Labute approximate surface area is 183 Å². The molecule has 5 rings (SSSR count). The van der Waals surface area contributed by atoms with E-state index in [9.17, 15) is 4.79 Å². The third kappa shape index (κ3) is 3.45. The van der Waals surface area contributed by atoms with Gasteiger partial charge in [-0.05, 0) is 49.2 Å². The zero-order valence-electron chi connectivity index (χ0n) is 17.2. The Bertz CT molecular complexity index is 1360. The molecular formula is C24H20N4O2S. The van der Waals surface area contributed by atoms with Gasteiger partial charge >= 0.3 is 0 Å². The van der Waals surface area contributed by atoms with Gasteiger partial charge in [-0.15, -0.1) is 6.42 Å². The standard InChI is InChI=1S/C24H20N4O2S/c1-4-10-30-17-7-5-6-16(12-17)18-13-21(29)26-23-22(18)15(3)27-28(23)24-25-19-9-8-14(2)11-20(19)31-24/h1,5-9,11-12,18H,10,13H2,2-3H3,(H,26,29). The number of aromatic nitrogens is 3. The molecule has 31 heavy (non-hydrogen) atoms. The normalized spacial score (nSPS) is 15.4. The zero-order valence-corrected chi connectivity index (χ0v) is 18.0. The Balaban J connectivity index is 1.60. The number of hydrogen-bond acceptors (Lipinski definition) is 5. The number of rotatable bonds is 4. The Morgan fingerprint density at radius 1 is 1.29 bits per heavy atom. The summed E-state index contributed by atoms with van der Waals surface area (Å²) in [5.74, 6) is 3.68. The number of fused-ring (bicyclic) bond motifs is 2. The second kappa shape index (κ2) is 7.56. The molecule has 0 saturated carbocycles. The molecule has 2 aromatic carbocycles. The molecule has 1 unspecified atom stereocenters. The van der Waals surface area contributed by atoms with E-state index < -0.39 is 0 Å². The van der Waals surface area contributed by atoms with Crippen molar-refractivity contribution in [2.75, 3.05) is 11.9 Å². The molecule has 0 aliphatic carbocycles. The highest BCUT2D eigenvalue weighted by atomic mass is 32.1. The van der Waals surface area contributed by atoms with Gasteiger partial charge in [0.2, 0.25) is 11.0 Å². The maximum absolute atomic E-state index is 12.6. The van der Waals surface area contributed by atoms with Crippen molar-refractivity contribution in [3.8, 4) is 23.2 Å². The number of anilines is 1. The highest BCUT2D eigenvalue weighted by molar-refractivity contribution is 7.20. The summed E-state index contributed by atoms with van der Waals surface area (Å²) in [5.41, 5.74) is 4.97. The van der Waals surface area contributed by atoms with Crippen molar-refractivity contribution in [1.82, 2.24) is 14.8 Å². The highest BCUT2D eigenvalue weighted by Gasteiger charge is 2.33. The van der Waals surface area contributed by atoms with Crippen LogP contribution in [0.25, 0.3) is 15.3 Å². The van der Waals surface area contributed by atoms with E-state index in [1.54, 1.807) is 16.0 Å². The molecule has 7 heteroatoms. The fraction of sp³-hybridized carbons (Fsp3) is 0.208. The first-order valence-corrected chi connectivity index (χ1v) is 10.8. The molecule has 2 aromatic heterocycles. The first-order chi connectivity index (χ1) is 15.0. The van der Waals surface area contributed by atoms with E-state index in [1.165, 1.54) is 5.56 Å². The average Bonchev–Trinajstić information content (AvgIpc) is 3.32. The SMILES string of the molecule is C#CCOc1cccc(C2CC(=O)Nc3c2c(C)nn3-c2nc3ccc(C)cc3s2)c1. The largest absolute Gasteiger partial charge is 0.481 e. The van der Waals surface area contributed by atoms with Crippen LogP contribution in [0.2, 0.25) is 0 Å². The lowest BCUT2D eigenvalue weighted by atomic mass is 9.86. The van der Waals surface area contributed by atoms with Crippen LogP contribution < -0.4 is 10.1 Å². The van der Waals surface area contributed by atoms with E-state index in [1.807, 2.05) is 43.3 Å². The molecule has 0 saturated heterocycles. The monoisotopic (exact) mass is 428 g/mol. The van der Waals surface area contributed by atoms with Crippen LogP contribution in [0.5, 0.6) is 5.75 Å². The number of aryl methyl sites for hydroxylation is 2. The first kappa shape index (κ1) is 19.3. The summed E-state index contributed by atoms with van der Waals surface area (Å²) in [6, 6.07) is 13.9. The molecule has 1 amide bonds. The van der Waals surface area contributed by atoms with Gasteiger partial charge in [0, 0.05) is 17.9 Å². The first-order valence-electron chi connectivity index (χ1n) is 9.96. The molecule has 1 aliphatic heterocycles. The maximum atomic E-state index is 12.6. The van der Waals surface area contributed by atoms with Gasteiger partial charge in [0.1, 0.15) is 18.2 Å². The summed E-state index contributed by atoms with van der Waals surface area (Å²) in [6.07, 6.45) is 5.65. The average molecular weight is 429 g/mol. The molecule has 154 valence electrons. The van der Waals surface area contributed by atoms with Gasteiger partial charge in [-0.2, -0.15) is 9.78 Å². The van der Waals surface area contributed by atoms with Crippen molar-refractivity contribution in [1.29, 1.82) is 0 Å². The Morgan fingerprint density at radius 2 is 2.16 bits per heavy atom. The Morgan fingerprint density at radius 3 is 3.00 bits per heavy atom. The Hall–Kier alpha value is -3.63. The number of terminal acetylenes is 1. The number of carbonyl (C=O) groups excluding carboxylic acids is 1. The van der Waals surface area contributed by atoms with Crippen LogP contribution in [0.3, 0.4) is 0 Å². The van der Waals surface area contributed by atoms with Crippen molar-refractivity contribution in [3.63, 3.8) is 0 Å². The van der Waals surface area contributed by atoms with Crippen LogP contribution >= 0.6 is 11.3 Å². The molecule has 1 atom stereocenters. The van der Waals surface area contributed by atoms with Crippen molar-refractivity contribution in [2.24, 2.45) is 0 Å². The van der Waals surface area contributed by atoms with Crippen molar-refractivity contribution in [3.05, 3.63) is 64.8 Å². The van der Waals surface area contributed by atoms with Gasteiger partial charge < -0.3 is 10.1 Å². The summed E-state index contributed by atoms with van der Waals surface area (Å²) >= 11 is 1.56. The maximum Gasteiger partial charge on any atom is 0.226 e. The summed E-state index contributed by atoms with van der Waals surface area (Å²) < 4.78 is 8.43. The minimum atomic E-state index is -0.122. The highest BCUT2D eigenvalue weighted by Crippen LogP contribution is 2.41. The van der Waals surface area contributed by atoms with Crippen LogP contribution in [0.15, 0.2) is 42.5 Å². The topological polar surface area (TPSA) is 69.0 Å². The fourth-order valence-electron chi connectivity index (χ4n) is 4.03. The second-order valence-corrected chi connectivity index (χ2v) is 8.61. The van der Waals surface area contributed by atoms with Gasteiger partial charge in [-0.1, -0.05) is 35.5 Å². The van der Waals surface area contributed by atoms with E-state index in [0.29, 0.717) is 18.0 Å². The number of nitrogens with one attached hydrogen (secondary N) is 1. The third-order valence-corrected chi connectivity index (χ3v) is 6.39. The summed E-state index contributed by atoms with van der Waals surface area (Å²) in [5, 5.41) is 8.51. The molecule has 1 N–H and O–H groups in total. The molecule has 0 bridgehead atoms. The molecule has 6 nitrogen and oxygen atoms in total. The predicted octanol–water partition coefficient (Wildman–Crippen LogP) is 4.58. The number of carbonyl (C=O) groups is 1. The quantitative estimate of drug-likeness (QED) is 0.483. The molecule has 0 spiro atoms. The second-order valence-electron chi connectivity index (χ2n) is 7.60. The summed E-state index contributed by atoms with van der Waals surface area (Å²) in [6.45, 7) is 4.23. The van der Waals surface area contributed by atoms with E-state index >= 15 is 0 Å². The lowest BCUT2D eigenvalue weighted by Crippen LogP contribution is -2.25. The van der Waals surface area contributed by atoms with Crippen LogP contribution in [-0.4, -0.2) is 27.3 Å². The van der Waals surface area contributed by atoms with Crippen LogP contribution in [0.1, 0.15) is 34.7 Å². The molecule has 0 fully saturated rings. The van der Waals surface area contributed by atoms with Crippen LogP contribution in [0, 0.1) is 26.2 Å². The lowest BCUT2D eigenvalue weighted by Gasteiger charge is -2.24. The van der Waals surface area contributed by atoms with Gasteiger partial charge in [-0.25, -0.2) is 4.98 Å². The number of amides is 1. The van der Waals surface area contributed by atoms with Crippen molar-refractivity contribution < 1.29 is 9.53 Å². The van der Waals surface area contributed by atoms with E-state index in [0.717, 1.165) is 32.2 Å². The number of benzene rings is 2. The van der Waals surface area contributed by atoms with Crippen LogP contribution in [-0.2, 0) is 4.79 Å². The van der Waals surface area contributed by atoms with Gasteiger partial charge in [0.25, 0.3) is 0 Å². The molecule has 4 aromatic rings. The van der Waals surface area contributed by atoms with Crippen molar-refractivity contribution in [2.45, 2.75) is 26.2 Å². The van der Waals surface area contributed by atoms with Gasteiger partial charge in [0.05, 0.1) is 15.9 Å². The smallest absolute Gasteiger partial charge is 0.226 e. The number of ether oxygens (including phenoxy) is 1. The number of thiazole rings is 1. The molecule has 3 heterocycles.